The van der Waals surface area contributed by atoms with Crippen LogP contribution in [-0.4, -0.2) is 95.2 Å². The molecule has 4 amide bonds. The fourth-order valence-corrected chi connectivity index (χ4v) is 6.32. The van der Waals surface area contributed by atoms with Gasteiger partial charge in [0.2, 0.25) is 23.6 Å². The van der Waals surface area contributed by atoms with Gasteiger partial charge in [-0.3, -0.25) is 24.0 Å². The van der Waals surface area contributed by atoms with Crippen LogP contribution >= 0.6 is 0 Å². The molecule has 2 aliphatic rings. The van der Waals surface area contributed by atoms with E-state index in [2.05, 4.69) is 21.3 Å². The summed E-state index contributed by atoms with van der Waals surface area (Å²) < 4.78 is 1.61. The molecular weight excluding hydrogens is 592 g/mol. The van der Waals surface area contributed by atoms with Crippen molar-refractivity contribution >= 4 is 40.5 Å². The Hall–Kier alpha value is -4.13. The minimum absolute atomic E-state index is 0.123. The van der Waals surface area contributed by atoms with E-state index in [0.717, 1.165) is 29.3 Å². The van der Waals surface area contributed by atoms with Gasteiger partial charge in [0.05, 0.1) is 12.1 Å². The van der Waals surface area contributed by atoms with Gasteiger partial charge in [-0.1, -0.05) is 51.3 Å². The maximum Gasteiger partial charge on any atom is 0.317 e. The molecule has 0 unspecified atom stereocenters. The molecule has 13 nitrogen and oxygen atoms in total. The van der Waals surface area contributed by atoms with Crippen molar-refractivity contribution in [1.29, 1.82) is 0 Å². The molecule has 5 N–H and O–H groups in total. The summed E-state index contributed by atoms with van der Waals surface area (Å²) >= 11 is 0. The van der Waals surface area contributed by atoms with E-state index in [1.807, 2.05) is 38.1 Å². The Morgan fingerprint density at radius 2 is 1.76 bits per heavy atom. The summed E-state index contributed by atoms with van der Waals surface area (Å²) in [5.74, 6) is -2.72. The minimum Gasteiger partial charge on any atom is -0.480 e. The van der Waals surface area contributed by atoms with Gasteiger partial charge >= 0.3 is 5.97 Å². The number of fused-ring (bicyclic) bond motifs is 2. The standard InChI is InChI=1S/C33H48N6O7/c1-4-21(2)29-33(45)38-17-11-9-15-27(38)32(44)35-24(13-6-5-10-16-34-19-28(40)41)30(42)36-25(31(43)37-29)18-22-20-39(46-3)26-14-8-7-12-23(22)26/h7-8,12,14,20-21,24-25,27,29,34H,4-6,9-11,13,15-19H2,1-3H3,(H,35,44)(H,36,42)(H,37,43)(H,40,41)/t21-,24-,25-,27+,29-/m0/s1. The Balaban J connectivity index is 1.63. The molecule has 1 aromatic carbocycles. The number of amides is 4. The molecule has 2 fully saturated rings. The number of hydrogen-bond donors (Lipinski definition) is 5. The Bertz CT molecular complexity index is 1390. The van der Waals surface area contributed by atoms with Crippen LogP contribution in [0.15, 0.2) is 30.5 Å². The van der Waals surface area contributed by atoms with E-state index in [4.69, 9.17) is 9.94 Å². The average Bonchev–Trinajstić information content (AvgIpc) is 3.41. The Morgan fingerprint density at radius 3 is 2.50 bits per heavy atom. The summed E-state index contributed by atoms with van der Waals surface area (Å²) in [6, 6.07) is 4.07. The number of carbonyl (C=O) groups excluding carboxylic acids is 4. The second kappa shape index (κ2) is 16.4. The molecule has 13 heteroatoms. The van der Waals surface area contributed by atoms with Crippen molar-refractivity contribution in [3.05, 3.63) is 36.0 Å². The fraction of sp³-hybridized carbons (Fsp3) is 0.606. The number of para-hydroxylation sites is 1. The summed E-state index contributed by atoms with van der Waals surface area (Å²) in [7, 11) is 1.55. The van der Waals surface area contributed by atoms with Crippen molar-refractivity contribution in [3.8, 4) is 0 Å². The largest absolute Gasteiger partial charge is 0.480 e. The zero-order valence-corrected chi connectivity index (χ0v) is 27.0. The molecule has 1 aromatic heterocycles. The first-order valence-electron chi connectivity index (χ1n) is 16.4. The molecule has 0 radical (unpaired) electrons. The van der Waals surface area contributed by atoms with Gasteiger partial charge in [0, 0.05) is 24.5 Å². The van der Waals surface area contributed by atoms with Crippen LogP contribution in [0.4, 0.5) is 0 Å². The van der Waals surface area contributed by atoms with Gasteiger partial charge in [-0.2, -0.15) is 4.73 Å². The third-order valence-electron chi connectivity index (χ3n) is 9.14. The molecule has 2 aliphatic heterocycles. The number of rotatable bonds is 13. The van der Waals surface area contributed by atoms with Crippen molar-refractivity contribution in [2.75, 3.05) is 26.7 Å². The fourth-order valence-electron chi connectivity index (χ4n) is 6.32. The third-order valence-corrected chi connectivity index (χ3v) is 9.14. The van der Waals surface area contributed by atoms with Gasteiger partial charge in [-0.15, -0.1) is 0 Å². The smallest absolute Gasteiger partial charge is 0.317 e. The molecule has 5 atom stereocenters. The lowest BCUT2D eigenvalue weighted by Gasteiger charge is -2.39. The van der Waals surface area contributed by atoms with E-state index < -0.39 is 42.0 Å². The zero-order valence-electron chi connectivity index (χ0n) is 27.0. The number of nitrogens with zero attached hydrogens (tertiary/aromatic N) is 2. The number of benzene rings is 1. The number of nitrogens with one attached hydrogen (secondary N) is 4. The van der Waals surface area contributed by atoms with E-state index in [1.54, 1.807) is 22.9 Å². The molecule has 0 spiro atoms. The van der Waals surface area contributed by atoms with Crippen LogP contribution in [0.5, 0.6) is 0 Å². The zero-order chi connectivity index (χ0) is 33.2. The van der Waals surface area contributed by atoms with Crippen LogP contribution in [0, 0.1) is 5.92 Å². The van der Waals surface area contributed by atoms with Crippen molar-refractivity contribution < 1.29 is 33.9 Å². The van der Waals surface area contributed by atoms with E-state index in [1.165, 1.54) is 0 Å². The molecule has 2 saturated heterocycles. The quantitative estimate of drug-likeness (QED) is 0.204. The van der Waals surface area contributed by atoms with Crippen LogP contribution in [-0.2, 0) is 30.4 Å². The summed E-state index contributed by atoms with van der Waals surface area (Å²) in [6.07, 6.45) is 6.89. The maximum atomic E-state index is 14.0. The van der Waals surface area contributed by atoms with Gasteiger partial charge in [-0.05, 0) is 56.2 Å². The first-order valence-corrected chi connectivity index (χ1v) is 16.4. The summed E-state index contributed by atoms with van der Waals surface area (Å²) in [4.78, 5) is 73.5. The van der Waals surface area contributed by atoms with Crippen LogP contribution < -0.4 is 26.1 Å². The second-order valence-corrected chi connectivity index (χ2v) is 12.3. The first-order chi connectivity index (χ1) is 22.1. The highest BCUT2D eigenvalue weighted by Crippen LogP contribution is 2.24. The lowest BCUT2D eigenvalue weighted by atomic mass is 9.93. The van der Waals surface area contributed by atoms with Crippen molar-refractivity contribution in [1.82, 2.24) is 30.9 Å². The molecule has 2 aromatic rings. The Morgan fingerprint density at radius 1 is 1.02 bits per heavy atom. The number of piperidine rings is 1. The molecule has 46 heavy (non-hydrogen) atoms. The number of hydrogen-bond acceptors (Lipinski definition) is 7. The topological polar surface area (TPSA) is 171 Å². The molecule has 3 heterocycles. The highest BCUT2D eigenvalue weighted by molar-refractivity contribution is 5.98. The van der Waals surface area contributed by atoms with Gasteiger partial charge in [-0.25, -0.2) is 0 Å². The Labute approximate surface area is 269 Å². The van der Waals surface area contributed by atoms with Gasteiger partial charge in [0.15, 0.2) is 0 Å². The third kappa shape index (κ3) is 8.56. The summed E-state index contributed by atoms with van der Waals surface area (Å²) in [5.41, 5.74) is 1.59. The minimum atomic E-state index is -1.03. The number of aliphatic carboxylic acids is 1. The molecule has 4 rings (SSSR count). The lowest BCUT2D eigenvalue weighted by molar-refractivity contribution is -0.147. The monoisotopic (exact) mass is 640 g/mol. The summed E-state index contributed by atoms with van der Waals surface area (Å²) in [5, 5.41) is 21.3. The van der Waals surface area contributed by atoms with Gasteiger partial charge in [0.1, 0.15) is 31.3 Å². The van der Waals surface area contributed by atoms with E-state index in [9.17, 15) is 24.0 Å². The first kappa shape index (κ1) is 34.7. The number of carboxylic acid groups (broad SMARTS) is 1. The molecule has 252 valence electrons. The second-order valence-electron chi connectivity index (χ2n) is 12.3. The highest BCUT2D eigenvalue weighted by atomic mass is 16.6. The number of aromatic nitrogens is 1. The van der Waals surface area contributed by atoms with Crippen LogP contribution in [0.3, 0.4) is 0 Å². The van der Waals surface area contributed by atoms with Crippen molar-refractivity contribution in [3.63, 3.8) is 0 Å². The van der Waals surface area contributed by atoms with Crippen molar-refractivity contribution in [2.45, 2.75) is 95.8 Å². The van der Waals surface area contributed by atoms with Crippen LogP contribution in [0.1, 0.15) is 70.8 Å². The molecule has 0 saturated carbocycles. The molecule has 0 bridgehead atoms. The predicted octanol–water partition coefficient (Wildman–Crippen LogP) is 1.37. The lowest BCUT2D eigenvalue weighted by Crippen LogP contribution is -2.64. The van der Waals surface area contributed by atoms with Crippen LogP contribution in [0.2, 0.25) is 0 Å². The number of unbranched alkanes of at least 4 members (excludes halogenated alkanes) is 2. The highest BCUT2D eigenvalue weighted by Gasteiger charge is 2.40. The molecular formula is C33H48N6O7. The molecule has 0 aliphatic carbocycles. The SMILES string of the molecule is CC[C@H](C)[C@@H]1NC(=O)[C@H](Cc2cn(OC)c3ccccc23)NC(=O)[C@H](CCCCCNCC(=O)O)NC(=O)[C@H]2CCCCN2C1=O. The Kier molecular flexibility index (Phi) is 12.4. The summed E-state index contributed by atoms with van der Waals surface area (Å²) in [6.45, 7) is 4.65. The number of carboxylic acids is 1. The van der Waals surface area contributed by atoms with Crippen molar-refractivity contribution in [2.24, 2.45) is 5.92 Å². The van der Waals surface area contributed by atoms with E-state index in [-0.39, 0.29) is 30.7 Å². The number of carbonyl (C=O) groups is 5. The average molecular weight is 641 g/mol. The normalized spacial score (nSPS) is 23.4. The van der Waals surface area contributed by atoms with E-state index in [0.29, 0.717) is 51.6 Å². The van der Waals surface area contributed by atoms with Crippen LogP contribution in [0.25, 0.3) is 10.9 Å². The predicted molar refractivity (Wildman–Crippen MR) is 172 cm³/mol. The maximum absolute atomic E-state index is 14.0. The van der Waals surface area contributed by atoms with E-state index >= 15 is 0 Å². The van der Waals surface area contributed by atoms with Gasteiger partial charge in [0.25, 0.3) is 0 Å². The van der Waals surface area contributed by atoms with Gasteiger partial charge < -0.3 is 36.1 Å².